The van der Waals surface area contributed by atoms with E-state index in [4.69, 9.17) is 4.74 Å². The minimum Gasteiger partial charge on any atom is -0.450 e. The topological polar surface area (TPSA) is 96.1 Å². The fraction of sp³-hybridized carbons (Fsp3) is 0.0870. The number of aromatic nitrogens is 2. The van der Waals surface area contributed by atoms with Gasteiger partial charge in [0.1, 0.15) is 17.2 Å². The summed E-state index contributed by atoms with van der Waals surface area (Å²) in [6, 6.07) is 16.1. The second-order valence-electron chi connectivity index (χ2n) is 6.82. The van der Waals surface area contributed by atoms with Crippen molar-refractivity contribution in [1.29, 1.82) is 0 Å². The van der Waals surface area contributed by atoms with E-state index in [1.807, 2.05) is 24.3 Å². The van der Waals surface area contributed by atoms with Crippen molar-refractivity contribution in [3.05, 3.63) is 76.5 Å². The smallest absolute Gasteiger partial charge is 0.411 e. The third-order valence-corrected chi connectivity index (χ3v) is 5.11. The van der Waals surface area contributed by atoms with E-state index in [1.165, 1.54) is 24.3 Å². The molecule has 0 spiro atoms. The first-order valence-corrected chi connectivity index (χ1v) is 10.5. The summed E-state index contributed by atoms with van der Waals surface area (Å²) in [5.74, 6) is -0.276. The number of H-pyrrole nitrogens is 1. The van der Waals surface area contributed by atoms with E-state index in [9.17, 15) is 14.0 Å². The predicted octanol–water partition coefficient (Wildman–Crippen LogP) is 5.95. The van der Waals surface area contributed by atoms with Crippen LogP contribution in [0.15, 0.2) is 65.1 Å². The van der Waals surface area contributed by atoms with Crippen LogP contribution in [0.5, 0.6) is 0 Å². The van der Waals surface area contributed by atoms with E-state index in [2.05, 4.69) is 36.5 Å². The highest BCUT2D eigenvalue weighted by Crippen LogP contribution is 2.30. The van der Waals surface area contributed by atoms with Crippen LogP contribution in [0.3, 0.4) is 0 Å². The third kappa shape index (κ3) is 4.78. The molecule has 32 heavy (non-hydrogen) atoms. The van der Waals surface area contributed by atoms with Gasteiger partial charge in [0.25, 0.3) is 5.91 Å². The van der Waals surface area contributed by atoms with Crippen LogP contribution in [0.4, 0.5) is 20.6 Å². The predicted molar refractivity (Wildman–Crippen MR) is 124 cm³/mol. The zero-order valence-corrected chi connectivity index (χ0v) is 18.5. The average Bonchev–Trinajstić information content (AvgIpc) is 3.19. The Morgan fingerprint density at radius 2 is 1.78 bits per heavy atom. The molecule has 0 aliphatic rings. The van der Waals surface area contributed by atoms with Crippen LogP contribution in [0.2, 0.25) is 0 Å². The van der Waals surface area contributed by atoms with Gasteiger partial charge in [-0.3, -0.25) is 10.1 Å². The van der Waals surface area contributed by atoms with Crippen LogP contribution in [0.1, 0.15) is 17.3 Å². The Labute approximate surface area is 191 Å². The number of carbonyl (C=O) groups is 2. The minimum absolute atomic E-state index is 0.222. The van der Waals surface area contributed by atoms with Crippen LogP contribution >= 0.6 is 15.9 Å². The summed E-state index contributed by atoms with van der Waals surface area (Å²) >= 11 is 3.41. The van der Waals surface area contributed by atoms with Crippen molar-refractivity contribution in [2.75, 3.05) is 17.2 Å². The molecular formula is C23H18BrFN4O3. The lowest BCUT2D eigenvalue weighted by Crippen LogP contribution is -2.15. The molecule has 0 aliphatic heterocycles. The highest BCUT2D eigenvalue weighted by Gasteiger charge is 2.16. The second-order valence-corrected chi connectivity index (χ2v) is 7.73. The summed E-state index contributed by atoms with van der Waals surface area (Å²) < 4.78 is 19.1. The van der Waals surface area contributed by atoms with Crippen LogP contribution in [-0.4, -0.2) is 28.6 Å². The van der Waals surface area contributed by atoms with E-state index in [1.54, 1.807) is 19.1 Å². The standard InChI is InChI=1S/C23H18BrFN4O3/c1-2-32-23(31)26-17-11-18-20(29-21(27-18)13-3-7-15(24)8-4-13)19(12-17)28-22(30)14-5-9-16(25)10-6-14/h3-12H,2H2,1H3,(H,26,31)(H,27,29)(H,28,30). The number of anilines is 2. The molecule has 0 saturated carbocycles. The maximum absolute atomic E-state index is 13.2. The van der Waals surface area contributed by atoms with Gasteiger partial charge in [-0.05, 0) is 55.5 Å². The van der Waals surface area contributed by atoms with E-state index < -0.39 is 17.8 Å². The fourth-order valence-corrected chi connectivity index (χ4v) is 3.37. The number of aromatic amines is 1. The summed E-state index contributed by atoms with van der Waals surface area (Å²) in [5.41, 5.74) is 3.03. The second kappa shape index (κ2) is 9.19. The Hall–Kier alpha value is -3.72. The zero-order valence-electron chi connectivity index (χ0n) is 16.9. The van der Waals surface area contributed by atoms with Crippen molar-refractivity contribution >= 4 is 50.3 Å². The molecule has 162 valence electrons. The molecule has 0 radical (unpaired) electrons. The molecule has 1 heterocycles. The number of carbonyl (C=O) groups excluding carboxylic acids is 2. The molecule has 2 amide bonds. The van der Waals surface area contributed by atoms with Crippen molar-refractivity contribution in [3.63, 3.8) is 0 Å². The van der Waals surface area contributed by atoms with E-state index >= 15 is 0 Å². The maximum Gasteiger partial charge on any atom is 0.411 e. The van der Waals surface area contributed by atoms with Gasteiger partial charge in [0, 0.05) is 21.3 Å². The molecule has 7 nitrogen and oxygen atoms in total. The van der Waals surface area contributed by atoms with Crippen molar-refractivity contribution in [1.82, 2.24) is 9.97 Å². The van der Waals surface area contributed by atoms with E-state index in [0.29, 0.717) is 28.2 Å². The largest absolute Gasteiger partial charge is 0.450 e. The number of hydrogen-bond donors (Lipinski definition) is 3. The molecule has 3 aromatic carbocycles. The van der Waals surface area contributed by atoms with E-state index in [-0.39, 0.29) is 12.2 Å². The van der Waals surface area contributed by atoms with Gasteiger partial charge in [0.05, 0.1) is 17.8 Å². The number of nitrogens with one attached hydrogen (secondary N) is 3. The molecule has 9 heteroatoms. The molecule has 0 aliphatic carbocycles. The quantitative estimate of drug-likeness (QED) is 0.318. The van der Waals surface area contributed by atoms with Gasteiger partial charge in [0.15, 0.2) is 0 Å². The number of rotatable bonds is 5. The number of imidazole rings is 1. The third-order valence-electron chi connectivity index (χ3n) is 4.58. The Balaban J connectivity index is 1.74. The van der Waals surface area contributed by atoms with Crippen LogP contribution in [-0.2, 0) is 4.74 Å². The summed E-state index contributed by atoms with van der Waals surface area (Å²) in [4.78, 5) is 32.5. The summed E-state index contributed by atoms with van der Waals surface area (Å²) in [6.07, 6.45) is -0.615. The highest BCUT2D eigenvalue weighted by molar-refractivity contribution is 9.10. The molecule has 1 aromatic heterocycles. The van der Waals surface area contributed by atoms with Gasteiger partial charge in [-0.25, -0.2) is 14.2 Å². The van der Waals surface area contributed by atoms with Crippen molar-refractivity contribution in [3.8, 4) is 11.4 Å². The van der Waals surface area contributed by atoms with Gasteiger partial charge < -0.3 is 15.0 Å². The number of hydrogen-bond acceptors (Lipinski definition) is 4. The van der Waals surface area contributed by atoms with Crippen molar-refractivity contribution in [2.24, 2.45) is 0 Å². The van der Waals surface area contributed by atoms with Crippen molar-refractivity contribution in [2.45, 2.75) is 6.92 Å². The first kappa shape index (κ1) is 21.5. The number of ether oxygens (including phenoxy) is 1. The van der Waals surface area contributed by atoms with Gasteiger partial charge in [-0.15, -0.1) is 0 Å². The number of amides is 2. The van der Waals surface area contributed by atoms with Crippen molar-refractivity contribution < 1.29 is 18.7 Å². The molecule has 0 fully saturated rings. The molecule has 0 unspecified atom stereocenters. The molecule has 4 rings (SSSR count). The monoisotopic (exact) mass is 496 g/mol. The molecule has 3 N–H and O–H groups in total. The fourth-order valence-electron chi connectivity index (χ4n) is 3.11. The molecule has 4 aromatic rings. The summed E-state index contributed by atoms with van der Waals surface area (Å²) in [6.45, 7) is 1.93. The van der Waals surface area contributed by atoms with Gasteiger partial charge in [-0.2, -0.15) is 0 Å². The Kier molecular flexibility index (Phi) is 6.18. The number of fused-ring (bicyclic) bond motifs is 1. The zero-order chi connectivity index (χ0) is 22.7. The molecule has 0 bridgehead atoms. The lowest BCUT2D eigenvalue weighted by atomic mass is 10.2. The van der Waals surface area contributed by atoms with Gasteiger partial charge in [-0.1, -0.05) is 28.1 Å². The molecular weight excluding hydrogens is 479 g/mol. The Bertz CT molecular complexity index is 1290. The van der Waals surface area contributed by atoms with Crippen LogP contribution in [0.25, 0.3) is 22.4 Å². The average molecular weight is 497 g/mol. The van der Waals surface area contributed by atoms with Crippen LogP contribution < -0.4 is 10.6 Å². The van der Waals surface area contributed by atoms with E-state index in [0.717, 1.165) is 10.0 Å². The normalized spacial score (nSPS) is 10.7. The lowest BCUT2D eigenvalue weighted by molar-refractivity contribution is 0.102. The van der Waals surface area contributed by atoms with Gasteiger partial charge in [0.2, 0.25) is 0 Å². The SMILES string of the molecule is CCOC(=O)Nc1cc(NC(=O)c2ccc(F)cc2)c2nc(-c3ccc(Br)cc3)[nH]c2c1. The van der Waals surface area contributed by atoms with Gasteiger partial charge >= 0.3 is 6.09 Å². The molecule has 0 atom stereocenters. The Morgan fingerprint density at radius 1 is 1.06 bits per heavy atom. The number of nitrogens with zero attached hydrogens (tertiary/aromatic N) is 1. The first-order chi connectivity index (χ1) is 15.4. The highest BCUT2D eigenvalue weighted by atomic mass is 79.9. The lowest BCUT2D eigenvalue weighted by Gasteiger charge is -2.10. The van der Waals surface area contributed by atoms with Crippen LogP contribution in [0, 0.1) is 5.82 Å². The summed E-state index contributed by atoms with van der Waals surface area (Å²) in [7, 11) is 0. The number of halogens is 2. The first-order valence-electron chi connectivity index (χ1n) is 9.73. The Morgan fingerprint density at radius 3 is 2.47 bits per heavy atom. The molecule has 0 saturated heterocycles. The maximum atomic E-state index is 13.2. The minimum atomic E-state index is -0.615. The summed E-state index contributed by atoms with van der Waals surface area (Å²) in [5, 5.41) is 5.43. The number of benzene rings is 3.